The Balaban J connectivity index is 1.19. The smallest absolute Gasteiger partial charge is 0.407 e. The largest absolute Gasteiger partial charge is 0.445 e. The normalized spacial score (nSPS) is 17.5. The van der Waals surface area contributed by atoms with Crippen molar-refractivity contribution < 1.29 is 27.5 Å². The lowest BCUT2D eigenvalue weighted by Gasteiger charge is -2.28. The molecule has 1 aliphatic heterocycles. The van der Waals surface area contributed by atoms with E-state index in [0.29, 0.717) is 24.8 Å². The predicted molar refractivity (Wildman–Crippen MR) is 164 cm³/mol. The molecule has 1 aromatic heterocycles. The van der Waals surface area contributed by atoms with Crippen LogP contribution >= 0.6 is 0 Å². The molecule has 11 heteroatoms. The SMILES string of the molecule is Cc1ccc(C(=O)OCn2ccc3c(S(=O)(=O)N4CCC(NC(=O)OCc5ccccc5)C45CC5)cccc3c2=O)c(C)c1. The van der Waals surface area contributed by atoms with E-state index in [4.69, 9.17) is 9.47 Å². The van der Waals surface area contributed by atoms with Crippen LogP contribution in [0.2, 0.25) is 0 Å². The van der Waals surface area contributed by atoms with Gasteiger partial charge in [-0.05, 0) is 68.5 Å². The Morgan fingerprint density at radius 3 is 2.45 bits per heavy atom. The average molecular weight is 616 g/mol. The molecule has 2 fully saturated rings. The number of esters is 1. The van der Waals surface area contributed by atoms with Crippen LogP contribution in [0.3, 0.4) is 0 Å². The number of rotatable bonds is 8. The van der Waals surface area contributed by atoms with Crippen LogP contribution in [0.15, 0.2) is 88.7 Å². The Bertz CT molecular complexity index is 1920. The fourth-order valence-electron chi connectivity index (χ4n) is 6.09. The topological polar surface area (TPSA) is 124 Å². The second-order valence-electron chi connectivity index (χ2n) is 11.4. The Morgan fingerprint density at radius 2 is 1.73 bits per heavy atom. The van der Waals surface area contributed by atoms with E-state index >= 15 is 0 Å². The lowest BCUT2D eigenvalue weighted by Crippen LogP contribution is -2.48. The zero-order valence-corrected chi connectivity index (χ0v) is 25.3. The zero-order chi connectivity index (χ0) is 31.1. The van der Waals surface area contributed by atoms with Gasteiger partial charge in [-0.25, -0.2) is 18.0 Å². The molecule has 6 rings (SSSR count). The highest BCUT2D eigenvalue weighted by molar-refractivity contribution is 7.89. The van der Waals surface area contributed by atoms with E-state index in [2.05, 4.69) is 5.32 Å². The molecule has 0 bridgehead atoms. The Morgan fingerprint density at radius 1 is 0.955 bits per heavy atom. The number of pyridine rings is 1. The highest BCUT2D eigenvalue weighted by atomic mass is 32.2. The second-order valence-corrected chi connectivity index (χ2v) is 13.2. The van der Waals surface area contributed by atoms with Crippen LogP contribution in [0.25, 0.3) is 10.8 Å². The molecular formula is C33H33N3O7S. The van der Waals surface area contributed by atoms with Gasteiger partial charge in [-0.1, -0.05) is 54.1 Å². The summed E-state index contributed by atoms with van der Waals surface area (Å²) < 4.78 is 41.6. The van der Waals surface area contributed by atoms with E-state index in [1.807, 2.05) is 56.3 Å². The first-order chi connectivity index (χ1) is 21.1. The summed E-state index contributed by atoms with van der Waals surface area (Å²) in [6, 6.07) is 20.5. The van der Waals surface area contributed by atoms with E-state index in [0.717, 1.165) is 16.7 Å². The summed E-state index contributed by atoms with van der Waals surface area (Å²) in [7, 11) is -4.03. The number of amides is 1. The third-order valence-corrected chi connectivity index (χ3v) is 10.6. The molecule has 0 radical (unpaired) electrons. The summed E-state index contributed by atoms with van der Waals surface area (Å²) in [6.45, 7) is 3.77. The quantitative estimate of drug-likeness (QED) is 0.286. The number of carbonyl (C=O) groups excluding carboxylic acids is 2. The van der Waals surface area contributed by atoms with Crippen molar-refractivity contribution in [1.29, 1.82) is 0 Å². The van der Waals surface area contributed by atoms with E-state index < -0.39 is 33.2 Å². The minimum Gasteiger partial charge on any atom is -0.445 e. The van der Waals surface area contributed by atoms with Gasteiger partial charge in [0.2, 0.25) is 10.0 Å². The van der Waals surface area contributed by atoms with Crippen molar-refractivity contribution in [2.75, 3.05) is 6.54 Å². The van der Waals surface area contributed by atoms with Crippen LogP contribution < -0.4 is 10.9 Å². The molecule has 228 valence electrons. The van der Waals surface area contributed by atoms with E-state index in [-0.39, 0.29) is 41.6 Å². The van der Waals surface area contributed by atoms with Gasteiger partial charge in [0.05, 0.1) is 22.0 Å². The summed E-state index contributed by atoms with van der Waals surface area (Å²) in [5.74, 6) is -0.554. The van der Waals surface area contributed by atoms with Gasteiger partial charge in [0.1, 0.15) is 6.61 Å². The summed E-state index contributed by atoms with van der Waals surface area (Å²) in [5.41, 5.74) is 1.85. The lowest BCUT2D eigenvalue weighted by molar-refractivity contribution is 0.0366. The first kappa shape index (κ1) is 29.6. The van der Waals surface area contributed by atoms with Gasteiger partial charge in [-0.15, -0.1) is 0 Å². The highest BCUT2D eigenvalue weighted by Gasteiger charge is 2.62. The van der Waals surface area contributed by atoms with E-state index in [9.17, 15) is 22.8 Å². The van der Waals surface area contributed by atoms with Crippen molar-refractivity contribution in [2.45, 2.75) is 62.9 Å². The lowest BCUT2D eigenvalue weighted by atomic mass is 10.1. The van der Waals surface area contributed by atoms with Crippen LogP contribution in [0.4, 0.5) is 4.79 Å². The number of nitrogens with zero attached hydrogens (tertiary/aromatic N) is 2. The standard InChI is InChI=1S/C33H33N3O7S/c1-22-11-12-25(23(2)19-22)31(38)43-21-35-17-13-26-27(30(35)37)9-6-10-28(26)44(40,41)36-18-14-29(33(36)15-16-33)34-32(39)42-20-24-7-4-3-5-8-24/h3-13,17,19,29H,14-16,18,20-21H2,1-2H3,(H,34,39). The van der Waals surface area contributed by atoms with Crippen LogP contribution in [0, 0.1) is 13.8 Å². The third kappa shape index (κ3) is 5.48. The maximum Gasteiger partial charge on any atom is 0.407 e. The molecule has 1 amide bonds. The molecule has 1 saturated heterocycles. The van der Waals surface area contributed by atoms with Gasteiger partial charge in [0, 0.05) is 23.5 Å². The van der Waals surface area contributed by atoms with E-state index in [1.54, 1.807) is 18.2 Å². The van der Waals surface area contributed by atoms with Gasteiger partial charge >= 0.3 is 12.1 Å². The second kappa shape index (κ2) is 11.5. The number of ether oxygens (including phenoxy) is 2. The van der Waals surface area contributed by atoms with Crippen LogP contribution in [-0.2, 0) is 32.8 Å². The van der Waals surface area contributed by atoms with Crippen LogP contribution in [-0.4, -0.2) is 47.5 Å². The summed E-state index contributed by atoms with van der Waals surface area (Å²) >= 11 is 0. The van der Waals surface area contributed by atoms with Gasteiger partial charge in [-0.3, -0.25) is 9.36 Å². The molecule has 1 atom stereocenters. The summed E-state index contributed by atoms with van der Waals surface area (Å²) in [5, 5.41) is 3.36. The first-order valence-corrected chi connectivity index (χ1v) is 15.9. The van der Waals surface area contributed by atoms with E-state index in [1.165, 1.54) is 27.2 Å². The summed E-state index contributed by atoms with van der Waals surface area (Å²) in [4.78, 5) is 38.6. The number of aromatic nitrogens is 1. The number of alkyl carbamates (subject to hydrolysis) is 1. The monoisotopic (exact) mass is 615 g/mol. The first-order valence-electron chi connectivity index (χ1n) is 14.5. The fraction of sp³-hybridized carbons (Fsp3) is 0.303. The molecule has 1 saturated carbocycles. The van der Waals surface area contributed by atoms with Crippen molar-refractivity contribution in [1.82, 2.24) is 14.2 Å². The van der Waals surface area contributed by atoms with Crippen LogP contribution in [0.1, 0.15) is 46.3 Å². The van der Waals surface area contributed by atoms with Crippen molar-refractivity contribution in [2.24, 2.45) is 0 Å². The Kier molecular flexibility index (Phi) is 7.77. The van der Waals surface area contributed by atoms with Crippen molar-refractivity contribution in [3.05, 3.63) is 112 Å². The number of hydrogen-bond acceptors (Lipinski definition) is 7. The molecule has 10 nitrogen and oxygen atoms in total. The maximum atomic E-state index is 14.1. The van der Waals surface area contributed by atoms with Gasteiger partial charge in [0.15, 0.2) is 6.73 Å². The number of carbonyl (C=O) groups is 2. The molecule has 1 unspecified atom stereocenters. The van der Waals surface area contributed by atoms with Crippen LogP contribution in [0.5, 0.6) is 0 Å². The number of hydrogen-bond donors (Lipinski definition) is 1. The van der Waals surface area contributed by atoms with Crippen molar-refractivity contribution in [3.63, 3.8) is 0 Å². The molecule has 3 aromatic carbocycles. The molecule has 1 N–H and O–H groups in total. The molecule has 44 heavy (non-hydrogen) atoms. The highest BCUT2D eigenvalue weighted by Crippen LogP contribution is 2.52. The van der Waals surface area contributed by atoms with Crippen molar-refractivity contribution >= 4 is 32.9 Å². The Labute approximate surface area is 255 Å². The number of fused-ring (bicyclic) bond motifs is 1. The Hall–Kier alpha value is -4.48. The molecule has 1 aliphatic carbocycles. The average Bonchev–Trinajstić information content (AvgIpc) is 3.72. The maximum absolute atomic E-state index is 14.1. The number of nitrogens with one attached hydrogen (secondary N) is 1. The molecule has 4 aromatic rings. The summed E-state index contributed by atoms with van der Waals surface area (Å²) in [6.07, 6.45) is 2.51. The third-order valence-electron chi connectivity index (χ3n) is 8.52. The van der Waals surface area contributed by atoms with Gasteiger partial charge < -0.3 is 14.8 Å². The van der Waals surface area contributed by atoms with Gasteiger partial charge in [0.25, 0.3) is 5.56 Å². The minimum atomic E-state index is -4.03. The minimum absolute atomic E-state index is 0.0186. The molecule has 1 spiro atoms. The zero-order valence-electron chi connectivity index (χ0n) is 24.5. The molecular weight excluding hydrogens is 582 g/mol. The number of sulfonamides is 1. The van der Waals surface area contributed by atoms with Crippen molar-refractivity contribution in [3.8, 4) is 0 Å². The van der Waals surface area contributed by atoms with Gasteiger partial charge in [-0.2, -0.15) is 4.31 Å². The molecule has 2 aliphatic rings. The number of aryl methyl sites for hydroxylation is 2. The molecule has 2 heterocycles. The number of benzene rings is 3. The predicted octanol–water partition coefficient (Wildman–Crippen LogP) is 4.65. The fourth-order valence-corrected chi connectivity index (χ4v) is 8.17.